The Balaban J connectivity index is 0.000000585. The molecule has 1 rings (SSSR count). The fourth-order valence-corrected chi connectivity index (χ4v) is 4.92. The summed E-state index contributed by atoms with van der Waals surface area (Å²) in [5.74, 6) is 0. The van der Waals surface area contributed by atoms with Gasteiger partial charge in [-0.05, 0) is 5.56 Å². The average molecular weight is 538 g/mol. The zero-order valence-corrected chi connectivity index (χ0v) is 16.3. The molecule has 0 heterocycles. The number of hydrogen-bond donors (Lipinski definition) is 0. The van der Waals surface area contributed by atoms with Gasteiger partial charge in [0.15, 0.2) is 0 Å². The molecule has 2 radical (unpaired) electrons. The van der Waals surface area contributed by atoms with E-state index < -0.39 is 23.5 Å². The monoisotopic (exact) mass is 538 g/mol. The normalized spacial score (nSPS) is 12.6. The summed E-state index contributed by atoms with van der Waals surface area (Å²) in [4.78, 5) is 0. The van der Waals surface area contributed by atoms with Gasteiger partial charge in [0.05, 0.1) is 0 Å². The first-order chi connectivity index (χ1) is 10.5. The minimum Gasteiger partial charge on any atom is -0.833 e. The Morgan fingerprint density at radius 1 is 0.826 bits per heavy atom. The standard InChI is InChI=1S/C9H5F6O.2C3H7.Bi/c10-8(11,12)7(16,9(13,14)15)6-4-2-1-3-5-6;2*1-3-2;/h1-5H;2*1,3H2,2H3;/q-1;;;+1. The molecule has 0 aromatic heterocycles. The number of benzene rings is 1. The maximum atomic E-state index is 12.3. The Labute approximate surface area is 143 Å². The van der Waals surface area contributed by atoms with E-state index in [0.29, 0.717) is 12.1 Å². The van der Waals surface area contributed by atoms with Crippen LogP contribution in [-0.2, 0) is 5.60 Å². The molecule has 1 nitrogen and oxygen atoms in total. The summed E-state index contributed by atoms with van der Waals surface area (Å²) in [7, 11) is 0. The second kappa shape index (κ2) is 9.82. The minimum atomic E-state index is -5.94. The van der Waals surface area contributed by atoms with E-state index in [1.165, 1.54) is 18.9 Å². The van der Waals surface area contributed by atoms with Crippen molar-refractivity contribution in [2.75, 3.05) is 0 Å². The summed E-state index contributed by atoms with van der Waals surface area (Å²) in [6, 6.07) is 4.12. The van der Waals surface area contributed by atoms with Gasteiger partial charge in [-0.1, -0.05) is 30.3 Å². The van der Waals surface area contributed by atoms with E-state index in [0.717, 1.165) is 12.1 Å². The molecule has 1 aromatic rings. The molecule has 0 aliphatic carbocycles. The topological polar surface area (TPSA) is 23.1 Å². The molecule has 0 N–H and O–H groups in total. The summed E-state index contributed by atoms with van der Waals surface area (Å²) in [5.41, 5.74) is -6.45. The summed E-state index contributed by atoms with van der Waals surface area (Å²) < 4.78 is 76.7. The summed E-state index contributed by atoms with van der Waals surface area (Å²) >= 11 is 0.103. The van der Waals surface area contributed by atoms with Gasteiger partial charge in [-0.3, -0.25) is 0 Å². The van der Waals surface area contributed by atoms with E-state index in [4.69, 9.17) is 0 Å². The van der Waals surface area contributed by atoms with E-state index in [-0.39, 0.29) is 23.2 Å². The maximum absolute atomic E-state index is 12.3. The van der Waals surface area contributed by atoms with Crippen molar-refractivity contribution in [3.8, 4) is 0 Å². The molecular weight excluding hydrogens is 519 g/mol. The van der Waals surface area contributed by atoms with Crippen molar-refractivity contribution >= 4 is 23.2 Å². The van der Waals surface area contributed by atoms with Crippen molar-refractivity contribution in [1.29, 1.82) is 0 Å². The Hall–Kier alpha value is -0.357. The Morgan fingerprint density at radius 3 is 1.52 bits per heavy atom. The first-order valence-electron chi connectivity index (χ1n) is 7.05. The van der Waals surface area contributed by atoms with Crippen molar-refractivity contribution in [3.63, 3.8) is 0 Å². The molecular formula is C15H19BiF6O. The third-order valence-corrected chi connectivity index (χ3v) is 8.68. The molecule has 8 heteroatoms. The van der Waals surface area contributed by atoms with Gasteiger partial charge in [0, 0.05) is 0 Å². The zero-order chi connectivity index (χ0) is 18.1. The van der Waals surface area contributed by atoms with Gasteiger partial charge in [-0.15, -0.1) is 0 Å². The molecule has 0 amide bonds. The van der Waals surface area contributed by atoms with Gasteiger partial charge >= 0.3 is 70.5 Å². The van der Waals surface area contributed by atoms with Crippen LogP contribution in [0.3, 0.4) is 0 Å². The predicted octanol–water partition coefficient (Wildman–Crippen LogP) is 4.71. The van der Waals surface area contributed by atoms with Gasteiger partial charge in [0.1, 0.15) is 5.60 Å². The molecule has 0 saturated heterocycles. The smallest absolute Gasteiger partial charge is 0.392 e. The Kier molecular flexibility index (Phi) is 9.67. The van der Waals surface area contributed by atoms with Crippen LogP contribution in [0, 0.1) is 0 Å². The van der Waals surface area contributed by atoms with Crippen LogP contribution in [0.5, 0.6) is 0 Å². The zero-order valence-electron chi connectivity index (χ0n) is 12.8. The van der Waals surface area contributed by atoms with Crippen LogP contribution in [0.4, 0.5) is 26.3 Å². The fourth-order valence-electron chi connectivity index (χ4n) is 1.59. The molecule has 0 aliphatic rings. The quantitative estimate of drug-likeness (QED) is 0.303. The SMILES string of the molecule is CC[CH2][Bi+][CH2]CC.[O-]C(c1ccccc1)(C(F)(F)F)C(F)(F)F. The van der Waals surface area contributed by atoms with Crippen molar-refractivity contribution < 1.29 is 31.4 Å². The number of alkyl halides is 6. The van der Waals surface area contributed by atoms with E-state index in [2.05, 4.69) is 13.8 Å². The van der Waals surface area contributed by atoms with Gasteiger partial charge in [0.25, 0.3) is 0 Å². The largest absolute Gasteiger partial charge is 0.833 e. The van der Waals surface area contributed by atoms with Crippen LogP contribution in [0.15, 0.2) is 30.3 Å². The number of hydrogen-bond acceptors (Lipinski definition) is 1. The van der Waals surface area contributed by atoms with Gasteiger partial charge in [-0.2, -0.15) is 26.3 Å². The molecule has 23 heavy (non-hydrogen) atoms. The van der Waals surface area contributed by atoms with Gasteiger partial charge < -0.3 is 5.11 Å². The molecule has 0 saturated carbocycles. The summed E-state index contributed by atoms with van der Waals surface area (Å²) in [6.07, 6.45) is -8.99. The van der Waals surface area contributed by atoms with Crippen molar-refractivity contribution in [3.05, 3.63) is 35.9 Å². The maximum Gasteiger partial charge on any atom is 0.392 e. The number of halogens is 6. The van der Waals surface area contributed by atoms with E-state index in [9.17, 15) is 31.4 Å². The molecule has 1 aromatic carbocycles. The fraction of sp³-hybridized carbons (Fsp3) is 0.600. The van der Waals surface area contributed by atoms with Crippen LogP contribution in [0.1, 0.15) is 32.3 Å². The van der Waals surface area contributed by atoms with Crippen LogP contribution in [-0.4, -0.2) is 35.6 Å². The van der Waals surface area contributed by atoms with Crippen molar-refractivity contribution in [1.82, 2.24) is 0 Å². The third-order valence-electron chi connectivity index (χ3n) is 2.74. The van der Waals surface area contributed by atoms with E-state index in [1.54, 1.807) is 8.26 Å². The molecule has 0 fully saturated rings. The van der Waals surface area contributed by atoms with E-state index in [1.807, 2.05) is 0 Å². The molecule has 0 spiro atoms. The van der Waals surface area contributed by atoms with Crippen LogP contribution < -0.4 is 5.11 Å². The van der Waals surface area contributed by atoms with Crippen LogP contribution in [0.2, 0.25) is 8.26 Å². The Morgan fingerprint density at radius 2 is 1.22 bits per heavy atom. The van der Waals surface area contributed by atoms with Crippen LogP contribution >= 0.6 is 0 Å². The van der Waals surface area contributed by atoms with E-state index >= 15 is 0 Å². The second-order valence-corrected chi connectivity index (χ2v) is 9.93. The van der Waals surface area contributed by atoms with Gasteiger partial charge in [0.2, 0.25) is 0 Å². The van der Waals surface area contributed by atoms with Gasteiger partial charge in [-0.25, -0.2) is 0 Å². The number of rotatable bonds is 5. The van der Waals surface area contributed by atoms with Crippen molar-refractivity contribution in [2.24, 2.45) is 0 Å². The molecule has 0 unspecified atom stereocenters. The second-order valence-electron chi connectivity index (χ2n) is 4.71. The summed E-state index contributed by atoms with van der Waals surface area (Å²) in [5, 5.41) is 11.1. The molecule has 0 aliphatic heterocycles. The molecule has 0 bridgehead atoms. The third kappa shape index (κ3) is 6.57. The average Bonchev–Trinajstić information content (AvgIpc) is 2.46. The molecule has 132 valence electrons. The predicted molar refractivity (Wildman–Crippen MR) is 76.2 cm³/mol. The minimum absolute atomic E-state index is 0.103. The van der Waals surface area contributed by atoms with Crippen molar-refractivity contribution in [2.45, 2.75) is 52.9 Å². The Bertz CT molecular complexity index is 412. The molecule has 0 atom stereocenters. The first kappa shape index (κ1) is 22.6. The summed E-state index contributed by atoms with van der Waals surface area (Å²) in [6.45, 7) is 4.58. The van der Waals surface area contributed by atoms with Crippen LogP contribution in [0.25, 0.3) is 0 Å². The first-order valence-corrected chi connectivity index (χ1v) is 12.0.